The molecule has 0 unspecified atom stereocenters. The largest absolute Gasteiger partial charge is 0.369 e. The predicted octanol–water partition coefficient (Wildman–Crippen LogP) is 4.11. The van der Waals surface area contributed by atoms with Gasteiger partial charge in [-0.15, -0.1) is 11.8 Å². The number of nitrogens with two attached hydrogens (primary N) is 1. The topological polar surface area (TPSA) is 90.0 Å². The van der Waals surface area contributed by atoms with Gasteiger partial charge in [0.15, 0.2) is 0 Å². The minimum absolute atomic E-state index is 0.128. The first-order chi connectivity index (χ1) is 16.1. The number of carbonyl (C=O) groups is 2. The second-order valence-corrected chi connectivity index (χ2v) is 8.51. The lowest BCUT2D eigenvalue weighted by Crippen LogP contribution is -2.24. The fraction of sp³-hybridized carbons (Fsp3) is 0.115. The average Bonchev–Trinajstić information content (AvgIpc) is 3.35. The van der Waals surface area contributed by atoms with Crippen molar-refractivity contribution >= 4 is 23.6 Å². The molecule has 1 aromatic heterocycles. The van der Waals surface area contributed by atoms with E-state index in [-0.39, 0.29) is 11.7 Å². The third-order valence-electron chi connectivity index (χ3n) is 5.13. The van der Waals surface area contributed by atoms with Gasteiger partial charge in [-0.1, -0.05) is 60.7 Å². The van der Waals surface area contributed by atoms with Gasteiger partial charge < -0.3 is 11.1 Å². The number of thioether (sulfide) groups is 1. The summed E-state index contributed by atoms with van der Waals surface area (Å²) in [5, 5.41) is 7.26. The van der Waals surface area contributed by atoms with Crippen molar-refractivity contribution in [2.24, 2.45) is 5.73 Å². The van der Waals surface area contributed by atoms with Crippen molar-refractivity contribution in [1.82, 2.24) is 15.1 Å². The van der Waals surface area contributed by atoms with Crippen LogP contribution >= 0.6 is 11.8 Å². The van der Waals surface area contributed by atoms with E-state index in [1.54, 1.807) is 12.3 Å². The van der Waals surface area contributed by atoms with Gasteiger partial charge in [0.1, 0.15) is 0 Å². The normalized spacial score (nSPS) is 10.7. The van der Waals surface area contributed by atoms with Crippen molar-refractivity contribution in [1.29, 1.82) is 0 Å². The van der Waals surface area contributed by atoms with Crippen molar-refractivity contribution < 1.29 is 9.59 Å². The molecule has 0 bridgehead atoms. The molecule has 2 amide bonds. The first-order valence-electron chi connectivity index (χ1n) is 10.5. The van der Waals surface area contributed by atoms with Crippen LogP contribution in [0.1, 0.15) is 21.5 Å². The summed E-state index contributed by atoms with van der Waals surface area (Å²) in [7, 11) is 0. The van der Waals surface area contributed by atoms with Crippen LogP contribution < -0.4 is 11.1 Å². The van der Waals surface area contributed by atoms with E-state index in [0.717, 1.165) is 28.1 Å². The van der Waals surface area contributed by atoms with Crippen LogP contribution in [0.5, 0.6) is 0 Å². The molecule has 0 aliphatic heterocycles. The van der Waals surface area contributed by atoms with Crippen LogP contribution in [-0.2, 0) is 17.9 Å². The molecular weight excluding hydrogens is 432 g/mol. The number of nitrogens with zero attached hydrogens (tertiary/aromatic N) is 2. The van der Waals surface area contributed by atoms with Gasteiger partial charge in [0.25, 0.3) is 5.91 Å². The zero-order valence-electron chi connectivity index (χ0n) is 18.0. The van der Waals surface area contributed by atoms with Crippen LogP contribution in [0, 0.1) is 0 Å². The summed E-state index contributed by atoms with van der Waals surface area (Å²) in [6, 6.07) is 25.5. The summed E-state index contributed by atoms with van der Waals surface area (Å²) in [4.78, 5) is 24.7. The molecule has 0 saturated carbocycles. The Bertz CT molecular complexity index is 1240. The molecule has 0 aliphatic carbocycles. The zero-order chi connectivity index (χ0) is 23.0. The number of hydrogen-bond donors (Lipinski definition) is 2. The maximum atomic E-state index is 12.9. The molecular formula is C26H24N4O2S. The second kappa shape index (κ2) is 10.7. The van der Waals surface area contributed by atoms with Crippen LogP contribution in [0.2, 0.25) is 0 Å². The Morgan fingerprint density at radius 1 is 0.939 bits per heavy atom. The van der Waals surface area contributed by atoms with E-state index < -0.39 is 5.91 Å². The van der Waals surface area contributed by atoms with E-state index in [2.05, 4.69) is 40.7 Å². The van der Waals surface area contributed by atoms with Crippen molar-refractivity contribution in [3.63, 3.8) is 0 Å². The first-order valence-corrected chi connectivity index (χ1v) is 11.5. The predicted molar refractivity (Wildman–Crippen MR) is 131 cm³/mol. The van der Waals surface area contributed by atoms with E-state index >= 15 is 0 Å². The Morgan fingerprint density at radius 2 is 1.70 bits per heavy atom. The van der Waals surface area contributed by atoms with Crippen LogP contribution in [0.3, 0.4) is 0 Å². The Morgan fingerprint density at radius 3 is 2.45 bits per heavy atom. The van der Waals surface area contributed by atoms with E-state index in [0.29, 0.717) is 12.1 Å². The molecule has 0 radical (unpaired) electrons. The standard InChI is InChI=1S/C26H24N4O2S/c27-25(31)18-33-24-9-4-3-8-23(24)26(32)28-16-21-6-1-2-7-22(21)20-12-10-19(11-13-20)17-30-15-5-14-29-30/h1-15H,16-18H2,(H2,27,31)(H,28,32). The molecule has 3 aromatic carbocycles. The minimum atomic E-state index is -0.417. The highest BCUT2D eigenvalue weighted by Gasteiger charge is 2.13. The van der Waals surface area contributed by atoms with Gasteiger partial charge in [-0.25, -0.2) is 0 Å². The minimum Gasteiger partial charge on any atom is -0.369 e. The molecule has 6 nitrogen and oxygen atoms in total. The lowest BCUT2D eigenvalue weighted by molar-refractivity contribution is -0.115. The highest BCUT2D eigenvalue weighted by Crippen LogP contribution is 2.25. The van der Waals surface area contributed by atoms with Crippen molar-refractivity contribution in [3.8, 4) is 11.1 Å². The number of aromatic nitrogens is 2. The molecule has 7 heteroatoms. The molecule has 166 valence electrons. The number of benzene rings is 3. The van der Waals surface area contributed by atoms with Crippen molar-refractivity contribution in [3.05, 3.63) is 108 Å². The molecule has 0 saturated heterocycles. The zero-order valence-corrected chi connectivity index (χ0v) is 18.8. The SMILES string of the molecule is NC(=O)CSc1ccccc1C(=O)NCc1ccccc1-c1ccc(Cn2cccn2)cc1. The highest BCUT2D eigenvalue weighted by atomic mass is 32.2. The lowest BCUT2D eigenvalue weighted by atomic mass is 9.98. The first kappa shape index (κ1) is 22.4. The molecule has 33 heavy (non-hydrogen) atoms. The molecule has 0 spiro atoms. The Labute approximate surface area is 196 Å². The van der Waals surface area contributed by atoms with Gasteiger partial charge in [0, 0.05) is 23.8 Å². The van der Waals surface area contributed by atoms with E-state index in [1.165, 1.54) is 17.3 Å². The number of amides is 2. The smallest absolute Gasteiger partial charge is 0.252 e. The molecule has 0 fully saturated rings. The summed E-state index contributed by atoms with van der Waals surface area (Å²) in [5.74, 6) is -0.476. The van der Waals surface area contributed by atoms with Gasteiger partial charge in [0.2, 0.25) is 5.91 Å². The van der Waals surface area contributed by atoms with Crippen LogP contribution in [-0.4, -0.2) is 27.3 Å². The Kier molecular flexibility index (Phi) is 7.22. The molecule has 0 atom stereocenters. The third kappa shape index (κ3) is 5.90. The van der Waals surface area contributed by atoms with Gasteiger partial charge in [-0.05, 0) is 40.5 Å². The molecule has 3 N–H and O–H groups in total. The van der Waals surface area contributed by atoms with Crippen LogP contribution in [0.4, 0.5) is 0 Å². The van der Waals surface area contributed by atoms with Gasteiger partial charge in [-0.2, -0.15) is 5.10 Å². The summed E-state index contributed by atoms with van der Waals surface area (Å²) < 4.78 is 1.89. The number of rotatable bonds is 9. The number of carbonyl (C=O) groups excluding carboxylic acids is 2. The second-order valence-electron chi connectivity index (χ2n) is 7.49. The molecule has 0 aliphatic rings. The quantitative estimate of drug-likeness (QED) is 0.371. The maximum Gasteiger partial charge on any atom is 0.252 e. The summed E-state index contributed by atoms with van der Waals surface area (Å²) in [6.07, 6.45) is 3.71. The van der Waals surface area contributed by atoms with E-state index in [9.17, 15) is 9.59 Å². The van der Waals surface area contributed by atoms with E-state index in [4.69, 9.17) is 5.73 Å². The number of hydrogen-bond acceptors (Lipinski definition) is 4. The summed E-state index contributed by atoms with van der Waals surface area (Å²) in [6.45, 7) is 1.11. The van der Waals surface area contributed by atoms with Crippen LogP contribution in [0.15, 0.2) is 96.2 Å². The highest BCUT2D eigenvalue weighted by molar-refractivity contribution is 8.00. The molecule has 1 heterocycles. The summed E-state index contributed by atoms with van der Waals surface area (Å²) >= 11 is 1.27. The fourth-order valence-electron chi connectivity index (χ4n) is 3.53. The van der Waals surface area contributed by atoms with Crippen LogP contribution in [0.25, 0.3) is 11.1 Å². The Hall–Kier alpha value is -3.84. The van der Waals surface area contributed by atoms with Crippen molar-refractivity contribution in [2.75, 3.05) is 5.75 Å². The molecule has 4 aromatic rings. The lowest BCUT2D eigenvalue weighted by Gasteiger charge is -2.13. The molecule has 4 rings (SSSR count). The third-order valence-corrected chi connectivity index (χ3v) is 6.22. The van der Waals surface area contributed by atoms with Gasteiger partial charge in [-0.3, -0.25) is 14.3 Å². The number of nitrogens with one attached hydrogen (secondary N) is 1. The number of primary amides is 1. The van der Waals surface area contributed by atoms with E-state index in [1.807, 2.05) is 53.3 Å². The Balaban J connectivity index is 1.46. The summed E-state index contributed by atoms with van der Waals surface area (Å²) in [5.41, 5.74) is 10.1. The maximum absolute atomic E-state index is 12.9. The fourth-order valence-corrected chi connectivity index (χ4v) is 4.32. The van der Waals surface area contributed by atoms with Crippen molar-refractivity contribution in [2.45, 2.75) is 18.0 Å². The van der Waals surface area contributed by atoms with Gasteiger partial charge >= 0.3 is 0 Å². The monoisotopic (exact) mass is 456 g/mol. The van der Waals surface area contributed by atoms with Gasteiger partial charge in [0.05, 0.1) is 17.9 Å². The average molecular weight is 457 g/mol.